The summed E-state index contributed by atoms with van der Waals surface area (Å²) in [5.74, 6) is -0.449. The average Bonchev–Trinajstić information content (AvgIpc) is 2.54. The first-order valence-electron chi connectivity index (χ1n) is 6.46. The fourth-order valence-corrected chi connectivity index (χ4v) is 2.36. The number of aromatic hydroxyl groups is 1. The SMILES string of the molecule is Cc1c(C#N)c(O)n(C)c(=O)c1N=Nc1ccc([N+](=O)[O-])cc1Br. The van der Waals surface area contributed by atoms with E-state index < -0.39 is 16.4 Å². The third-order valence-corrected chi connectivity index (χ3v) is 3.93. The van der Waals surface area contributed by atoms with Crippen molar-refractivity contribution >= 4 is 33.0 Å². The van der Waals surface area contributed by atoms with Crippen LogP contribution in [0.4, 0.5) is 17.1 Å². The fraction of sp³-hybridized carbons (Fsp3) is 0.143. The number of azo groups is 1. The molecule has 122 valence electrons. The summed E-state index contributed by atoms with van der Waals surface area (Å²) in [5.41, 5.74) is -0.449. The van der Waals surface area contributed by atoms with Crippen molar-refractivity contribution in [2.45, 2.75) is 6.92 Å². The van der Waals surface area contributed by atoms with Gasteiger partial charge in [0.1, 0.15) is 17.3 Å². The summed E-state index contributed by atoms with van der Waals surface area (Å²) in [4.78, 5) is 22.3. The Hall–Kier alpha value is -3.06. The smallest absolute Gasteiger partial charge is 0.281 e. The Morgan fingerprint density at radius 2 is 2.08 bits per heavy atom. The maximum atomic E-state index is 12.2. The lowest BCUT2D eigenvalue weighted by atomic mass is 10.1. The second kappa shape index (κ2) is 6.59. The molecule has 0 unspecified atom stereocenters. The molecule has 1 aromatic carbocycles. The van der Waals surface area contributed by atoms with Crippen LogP contribution in [0.15, 0.2) is 37.7 Å². The molecular weight excluding hydrogens is 382 g/mol. The van der Waals surface area contributed by atoms with Gasteiger partial charge in [-0.3, -0.25) is 19.5 Å². The highest BCUT2D eigenvalue weighted by atomic mass is 79.9. The van der Waals surface area contributed by atoms with Gasteiger partial charge in [0.05, 0.1) is 9.40 Å². The van der Waals surface area contributed by atoms with E-state index in [1.54, 1.807) is 6.07 Å². The molecule has 0 spiro atoms. The zero-order valence-electron chi connectivity index (χ0n) is 12.5. The first-order chi connectivity index (χ1) is 11.3. The third-order valence-electron chi connectivity index (χ3n) is 3.29. The Morgan fingerprint density at radius 1 is 1.42 bits per heavy atom. The lowest BCUT2D eigenvalue weighted by molar-refractivity contribution is -0.384. The molecular formula is C14H10BrN5O4. The van der Waals surface area contributed by atoms with Crippen molar-refractivity contribution in [2.24, 2.45) is 17.3 Å². The summed E-state index contributed by atoms with van der Waals surface area (Å²) in [6.07, 6.45) is 0. The molecule has 0 saturated heterocycles. The molecule has 0 saturated carbocycles. The standard InChI is InChI=1S/C14H10BrN5O4/c1-7-9(6-16)13(21)19(2)14(22)12(7)18-17-11-4-3-8(20(23)24)5-10(11)15/h3-5,21H,1-2H3. The molecule has 0 fully saturated rings. The summed E-state index contributed by atoms with van der Waals surface area (Å²) in [6.45, 7) is 1.47. The normalized spacial score (nSPS) is 10.8. The van der Waals surface area contributed by atoms with Gasteiger partial charge >= 0.3 is 0 Å². The van der Waals surface area contributed by atoms with E-state index in [1.165, 1.54) is 32.2 Å². The van der Waals surface area contributed by atoms with Gasteiger partial charge < -0.3 is 5.11 Å². The minimum Gasteiger partial charge on any atom is -0.493 e. The van der Waals surface area contributed by atoms with Gasteiger partial charge in [0.15, 0.2) is 5.69 Å². The molecule has 0 radical (unpaired) electrons. The van der Waals surface area contributed by atoms with Gasteiger partial charge in [0, 0.05) is 24.7 Å². The Bertz CT molecular complexity index is 975. The molecule has 0 amide bonds. The zero-order chi connectivity index (χ0) is 18.0. The van der Waals surface area contributed by atoms with Gasteiger partial charge in [-0.25, -0.2) is 0 Å². The van der Waals surface area contributed by atoms with Crippen LogP contribution < -0.4 is 5.56 Å². The topological polar surface area (TPSA) is 134 Å². The maximum Gasteiger partial charge on any atom is 0.281 e. The Morgan fingerprint density at radius 3 is 2.62 bits per heavy atom. The first kappa shape index (κ1) is 17.3. The molecule has 24 heavy (non-hydrogen) atoms. The lowest BCUT2D eigenvalue weighted by Gasteiger charge is -2.08. The second-order valence-corrected chi connectivity index (χ2v) is 5.60. The number of benzene rings is 1. The highest BCUT2D eigenvalue weighted by Crippen LogP contribution is 2.31. The van der Waals surface area contributed by atoms with Crippen LogP contribution in [-0.4, -0.2) is 14.6 Å². The van der Waals surface area contributed by atoms with Gasteiger partial charge in [0.25, 0.3) is 11.2 Å². The number of nitriles is 1. The van der Waals surface area contributed by atoms with E-state index in [1.807, 2.05) is 0 Å². The maximum absolute atomic E-state index is 12.2. The average molecular weight is 392 g/mol. The van der Waals surface area contributed by atoms with Gasteiger partial charge in [-0.2, -0.15) is 5.26 Å². The number of nitro benzene ring substituents is 1. The number of hydrogen-bond acceptors (Lipinski definition) is 7. The molecule has 10 heteroatoms. The van der Waals surface area contributed by atoms with Crippen LogP contribution in [0.25, 0.3) is 0 Å². The number of hydrogen-bond donors (Lipinski definition) is 1. The van der Waals surface area contributed by atoms with Gasteiger partial charge in [-0.15, -0.1) is 10.2 Å². The van der Waals surface area contributed by atoms with Crippen LogP contribution >= 0.6 is 15.9 Å². The molecule has 1 aromatic heterocycles. The van der Waals surface area contributed by atoms with Crippen molar-refractivity contribution in [2.75, 3.05) is 0 Å². The molecule has 9 nitrogen and oxygen atoms in total. The number of nitrogens with zero attached hydrogens (tertiary/aromatic N) is 5. The van der Waals surface area contributed by atoms with Crippen molar-refractivity contribution in [3.63, 3.8) is 0 Å². The van der Waals surface area contributed by atoms with Crippen LogP contribution in [-0.2, 0) is 7.05 Å². The van der Waals surface area contributed by atoms with Crippen LogP contribution in [0.3, 0.4) is 0 Å². The van der Waals surface area contributed by atoms with E-state index in [0.29, 0.717) is 4.47 Å². The number of nitro groups is 1. The first-order valence-corrected chi connectivity index (χ1v) is 7.25. The van der Waals surface area contributed by atoms with E-state index in [2.05, 4.69) is 26.2 Å². The third kappa shape index (κ3) is 3.02. The molecule has 0 aliphatic carbocycles. The van der Waals surface area contributed by atoms with Crippen LogP contribution in [0.1, 0.15) is 11.1 Å². The summed E-state index contributed by atoms with van der Waals surface area (Å²) < 4.78 is 1.22. The van der Waals surface area contributed by atoms with Crippen molar-refractivity contribution in [1.29, 1.82) is 5.26 Å². The largest absolute Gasteiger partial charge is 0.493 e. The predicted molar refractivity (Wildman–Crippen MR) is 87.8 cm³/mol. The Kier molecular flexibility index (Phi) is 4.75. The fourth-order valence-electron chi connectivity index (χ4n) is 1.92. The monoisotopic (exact) mass is 391 g/mol. The van der Waals surface area contributed by atoms with Gasteiger partial charge in [-0.1, -0.05) is 0 Å². The Balaban J connectivity index is 2.55. The highest BCUT2D eigenvalue weighted by Gasteiger charge is 2.17. The van der Waals surface area contributed by atoms with E-state index in [-0.39, 0.29) is 28.2 Å². The van der Waals surface area contributed by atoms with Crippen LogP contribution in [0.2, 0.25) is 0 Å². The van der Waals surface area contributed by atoms with Crippen LogP contribution in [0, 0.1) is 28.4 Å². The lowest BCUT2D eigenvalue weighted by Crippen LogP contribution is -2.18. The highest BCUT2D eigenvalue weighted by molar-refractivity contribution is 9.10. The zero-order valence-corrected chi connectivity index (χ0v) is 14.1. The number of halogens is 1. The number of aromatic nitrogens is 1. The van der Waals surface area contributed by atoms with Gasteiger partial charge in [-0.05, 0) is 28.9 Å². The van der Waals surface area contributed by atoms with Gasteiger partial charge in [0.2, 0.25) is 5.88 Å². The molecule has 0 bridgehead atoms. The van der Waals surface area contributed by atoms with Crippen molar-refractivity contribution in [1.82, 2.24) is 4.57 Å². The van der Waals surface area contributed by atoms with E-state index in [0.717, 1.165) is 4.57 Å². The van der Waals surface area contributed by atoms with E-state index in [4.69, 9.17) is 5.26 Å². The Labute approximate surface area is 143 Å². The summed E-state index contributed by atoms with van der Waals surface area (Å²) in [7, 11) is 1.30. The van der Waals surface area contributed by atoms with Crippen molar-refractivity contribution in [3.8, 4) is 11.9 Å². The van der Waals surface area contributed by atoms with Crippen molar-refractivity contribution in [3.05, 3.63) is 54.3 Å². The summed E-state index contributed by atoms with van der Waals surface area (Å²) in [6, 6.07) is 5.69. The molecule has 2 rings (SSSR count). The number of pyridine rings is 1. The van der Waals surface area contributed by atoms with E-state index in [9.17, 15) is 20.0 Å². The molecule has 0 aliphatic rings. The minimum absolute atomic E-state index is 0.0752. The second-order valence-electron chi connectivity index (χ2n) is 4.74. The summed E-state index contributed by atoms with van der Waals surface area (Å²) in [5, 5.41) is 37.3. The number of rotatable bonds is 3. The summed E-state index contributed by atoms with van der Waals surface area (Å²) >= 11 is 3.15. The molecule has 0 atom stereocenters. The van der Waals surface area contributed by atoms with Crippen LogP contribution in [0.5, 0.6) is 5.88 Å². The molecule has 1 N–H and O–H groups in total. The number of non-ortho nitro benzene ring substituents is 1. The quantitative estimate of drug-likeness (QED) is 0.486. The minimum atomic E-state index is -0.620. The molecule has 2 aromatic rings. The molecule has 0 aliphatic heterocycles. The van der Waals surface area contributed by atoms with E-state index >= 15 is 0 Å². The molecule has 1 heterocycles. The predicted octanol–water partition coefficient (Wildman–Crippen LogP) is 3.36. The van der Waals surface area contributed by atoms with Crippen molar-refractivity contribution < 1.29 is 10.0 Å².